The molecule has 15 nitrogen and oxygen atoms in total. The number of unbranched alkanes of at least 4 members (excludes halogenated alkanes) is 1. The van der Waals surface area contributed by atoms with Crippen molar-refractivity contribution in [3.63, 3.8) is 0 Å². The fraction of sp³-hybridized carbons (Fsp3) is 0.500. The van der Waals surface area contributed by atoms with Crippen LogP contribution in [0, 0.1) is 0 Å². The fourth-order valence-electron chi connectivity index (χ4n) is 9.33. The summed E-state index contributed by atoms with van der Waals surface area (Å²) in [6, 6.07) is 14.7. The van der Waals surface area contributed by atoms with Crippen LogP contribution in [-0.2, 0) is 32.1 Å². The molecule has 1 N–H and O–H groups in total. The predicted molar refractivity (Wildman–Crippen MR) is 231 cm³/mol. The Labute approximate surface area is 356 Å². The SMILES string of the molecule is CN(C)C(=O)c1cc2cc(C3=CCCN(C(=O)CCn4ccnn4)C3)cc(CCCCC(=O)N3CCC(N4CCN(c5cccc(C6CCC(=O)NC6=O)c5)CC4)CC3)c2o1. The largest absolute Gasteiger partial charge is 0.451 e. The standard InChI is InChI=1S/C46H57N9O6/c1-50(2)46(60)40-30-36-28-35(34-9-6-18-54(31-34)43(58)16-21-55-22-17-47-49-55)27-33(44(36)61-40)7-3-4-11-42(57)53-19-14-37(15-20-53)51-23-25-52(26-24-51)38-10-5-8-32(29-38)39-12-13-41(56)48-45(39)59/h5,8-10,17,22,27-30,37,39H,3-4,6-7,11-16,18-21,23-26,31H2,1-2H3,(H,48,56,59). The van der Waals surface area contributed by atoms with Gasteiger partial charge in [0, 0.05) is 109 Å². The van der Waals surface area contributed by atoms with Gasteiger partial charge in [0.2, 0.25) is 23.6 Å². The first-order chi connectivity index (χ1) is 29.6. The number of furan rings is 1. The molecule has 2 aromatic carbocycles. The molecular formula is C46H57N9O6. The Kier molecular flexibility index (Phi) is 12.9. The molecule has 0 aliphatic carbocycles. The van der Waals surface area contributed by atoms with E-state index in [1.54, 1.807) is 31.2 Å². The molecule has 15 heteroatoms. The normalized spacial score (nSPS) is 19.3. The summed E-state index contributed by atoms with van der Waals surface area (Å²) in [5, 5.41) is 11.1. The van der Waals surface area contributed by atoms with Crippen LogP contribution in [-0.4, -0.2) is 137 Å². The summed E-state index contributed by atoms with van der Waals surface area (Å²) in [6.07, 6.45) is 12.3. The van der Waals surface area contributed by atoms with Crippen molar-refractivity contribution in [3.05, 3.63) is 83.4 Å². The summed E-state index contributed by atoms with van der Waals surface area (Å²) in [5.74, 6) is -0.317. The second-order valence-electron chi connectivity index (χ2n) is 17.1. The van der Waals surface area contributed by atoms with Crippen molar-refractivity contribution in [3.8, 4) is 0 Å². The molecule has 0 saturated carbocycles. The van der Waals surface area contributed by atoms with Crippen molar-refractivity contribution in [2.75, 3.05) is 71.4 Å². The van der Waals surface area contributed by atoms with Gasteiger partial charge >= 0.3 is 0 Å². The van der Waals surface area contributed by atoms with E-state index in [2.05, 4.69) is 55.8 Å². The van der Waals surface area contributed by atoms with Crippen LogP contribution in [0.1, 0.15) is 91.0 Å². The van der Waals surface area contributed by atoms with Gasteiger partial charge in [-0.15, -0.1) is 5.10 Å². The molecule has 0 spiro atoms. The molecule has 1 atom stereocenters. The van der Waals surface area contributed by atoms with Crippen molar-refractivity contribution in [1.82, 2.24) is 39.9 Å². The molecule has 6 heterocycles. The molecule has 0 bridgehead atoms. The molecule has 61 heavy (non-hydrogen) atoms. The minimum absolute atomic E-state index is 0.0739. The minimum Gasteiger partial charge on any atom is -0.451 e. The number of piperidine rings is 2. The van der Waals surface area contributed by atoms with Crippen LogP contribution in [0.3, 0.4) is 0 Å². The van der Waals surface area contributed by atoms with Crippen LogP contribution in [0.15, 0.2) is 65.4 Å². The van der Waals surface area contributed by atoms with Gasteiger partial charge in [0.05, 0.1) is 18.7 Å². The average molecular weight is 832 g/mol. The lowest BCUT2D eigenvalue weighted by Gasteiger charge is -2.43. The van der Waals surface area contributed by atoms with Crippen LogP contribution >= 0.6 is 0 Å². The van der Waals surface area contributed by atoms with Crippen LogP contribution < -0.4 is 10.2 Å². The molecular weight excluding hydrogens is 775 g/mol. The number of aromatic nitrogens is 3. The second-order valence-corrected chi connectivity index (χ2v) is 17.1. The zero-order valence-electron chi connectivity index (χ0n) is 35.4. The summed E-state index contributed by atoms with van der Waals surface area (Å²) >= 11 is 0. The van der Waals surface area contributed by atoms with Gasteiger partial charge in [0.25, 0.3) is 5.91 Å². The zero-order valence-corrected chi connectivity index (χ0v) is 35.4. The number of anilines is 1. The number of nitrogens with one attached hydrogen (secondary N) is 1. The average Bonchev–Trinajstić information content (AvgIpc) is 3.98. The highest BCUT2D eigenvalue weighted by Gasteiger charge is 2.31. The molecule has 4 aromatic rings. The molecule has 322 valence electrons. The highest BCUT2D eigenvalue weighted by atomic mass is 16.3. The summed E-state index contributed by atoms with van der Waals surface area (Å²) in [4.78, 5) is 74.1. The third-order valence-corrected chi connectivity index (χ3v) is 12.8. The maximum atomic E-state index is 13.4. The topological polar surface area (TPSA) is 157 Å². The van der Waals surface area contributed by atoms with Crippen LogP contribution in [0.4, 0.5) is 5.69 Å². The lowest BCUT2D eigenvalue weighted by atomic mass is 9.90. The Hall–Kier alpha value is -5.83. The number of piperazine rings is 1. The molecule has 1 unspecified atom stereocenters. The van der Waals surface area contributed by atoms with Gasteiger partial charge < -0.3 is 24.0 Å². The number of nitrogens with zero attached hydrogens (tertiary/aromatic N) is 8. The summed E-state index contributed by atoms with van der Waals surface area (Å²) in [7, 11) is 3.42. The second kappa shape index (κ2) is 18.8. The Morgan fingerprint density at radius 2 is 1.69 bits per heavy atom. The number of fused-ring (bicyclic) bond motifs is 1. The minimum atomic E-state index is -0.286. The number of likely N-dealkylation sites (tertiary alicyclic amines) is 1. The number of hydrogen-bond donors (Lipinski definition) is 1. The molecule has 8 rings (SSSR count). The van der Waals surface area contributed by atoms with Gasteiger partial charge in [-0.25, -0.2) is 0 Å². The first kappa shape index (κ1) is 41.9. The Morgan fingerprint density at radius 1 is 0.885 bits per heavy atom. The van der Waals surface area contributed by atoms with Gasteiger partial charge in [-0.2, -0.15) is 0 Å². The number of imide groups is 1. The van der Waals surface area contributed by atoms with Crippen molar-refractivity contribution in [1.29, 1.82) is 0 Å². The van der Waals surface area contributed by atoms with Crippen LogP contribution in [0.2, 0.25) is 0 Å². The van der Waals surface area contributed by atoms with Crippen molar-refractivity contribution in [2.24, 2.45) is 0 Å². The summed E-state index contributed by atoms with van der Waals surface area (Å²) < 4.78 is 7.86. The lowest BCUT2D eigenvalue weighted by molar-refractivity contribution is -0.135. The fourth-order valence-corrected chi connectivity index (χ4v) is 9.33. The van der Waals surface area contributed by atoms with Gasteiger partial charge in [-0.05, 0) is 97.5 Å². The van der Waals surface area contributed by atoms with E-state index < -0.39 is 0 Å². The van der Waals surface area contributed by atoms with Gasteiger partial charge in [0.15, 0.2) is 5.76 Å². The Morgan fingerprint density at radius 3 is 2.44 bits per heavy atom. The number of amides is 5. The van der Waals surface area contributed by atoms with E-state index >= 15 is 0 Å². The molecule has 3 fully saturated rings. The monoisotopic (exact) mass is 831 g/mol. The smallest absolute Gasteiger partial charge is 0.289 e. The predicted octanol–water partition coefficient (Wildman–Crippen LogP) is 4.48. The van der Waals surface area contributed by atoms with E-state index in [4.69, 9.17) is 4.42 Å². The first-order valence-corrected chi connectivity index (χ1v) is 21.9. The molecule has 3 saturated heterocycles. The number of rotatable bonds is 13. The molecule has 0 radical (unpaired) electrons. The van der Waals surface area contributed by atoms with Gasteiger partial charge in [-0.3, -0.25) is 38.9 Å². The number of hydrogen-bond acceptors (Lipinski definition) is 10. The maximum absolute atomic E-state index is 13.4. The Balaban J connectivity index is 0.819. The van der Waals surface area contributed by atoms with Crippen molar-refractivity contribution < 1.29 is 28.4 Å². The number of carbonyl (C=O) groups is 5. The van der Waals surface area contributed by atoms with E-state index in [9.17, 15) is 24.0 Å². The summed E-state index contributed by atoms with van der Waals surface area (Å²) in [5.41, 5.74) is 5.86. The number of benzene rings is 2. The Bertz CT molecular complexity index is 2270. The number of aryl methyl sites for hydroxylation is 2. The highest BCUT2D eigenvalue weighted by Crippen LogP contribution is 2.33. The van der Waals surface area contributed by atoms with Crippen molar-refractivity contribution >= 4 is 51.8 Å². The van der Waals surface area contributed by atoms with E-state index in [1.807, 2.05) is 28.0 Å². The molecule has 4 aliphatic heterocycles. The van der Waals surface area contributed by atoms with Crippen LogP contribution in [0.25, 0.3) is 16.5 Å². The maximum Gasteiger partial charge on any atom is 0.289 e. The van der Waals surface area contributed by atoms with E-state index in [-0.39, 0.29) is 35.5 Å². The number of carbonyl (C=O) groups excluding carboxylic acids is 5. The molecule has 4 aliphatic rings. The van der Waals surface area contributed by atoms with Gasteiger partial charge in [-0.1, -0.05) is 23.4 Å². The molecule has 2 aromatic heterocycles. The van der Waals surface area contributed by atoms with E-state index in [0.717, 1.165) is 105 Å². The third kappa shape index (κ3) is 9.88. The highest BCUT2D eigenvalue weighted by molar-refractivity contribution is 6.01. The van der Waals surface area contributed by atoms with Crippen molar-refractivity contribution in [2.45, 2.75) is 82.7 Å². The lowest BCUT2D eigenvalue weighted by Crippen LogP contribution is -2.53. The van der Waals surface area contributed by atoms with E-state index in [1.165, 1.54) is 4.90 Å². The summed E-state index contributed by atoms with van der Waals surface area (Å²) in [6.45, 7) is 6.90. The van der Waals surface area contributed by atoms with Crippen LogP contribution in [0.5, 0.6) is 0 Å². The van der Waals surface area contributed by atoms with E-state index in [0.29, 0.717) is 69.1 Å². The quantitative estimate of drug-likeness (QED) is 0.151. The zero-order chi connectivity index (χ0) is 42.5. The molecule has 5 amide bonds. The third-order valence-electron chi connectivity index (χ3n) is 12.8. The van der Waals surface area contributed by atoms with Gasteiger partial charge in [0.1, 0.15) is 5.58 Å². The first-order valence-electron chi connectivity index (χ1n) is 21.9.